The maximum absolute atomic E-state index is 11.7. The highest BCUT2D eigenvalue weighted by molar-refractivity contribution is 5.87. The fourth-order valence-corrected chi connectivity index (χ4v) is 3.95. The third-order valence-corrected chi connectivity index (χ3v) is 5.91. The highest BCUT2D eigenvalue weighted by Crippen LogP contribution is 2.14. The lowest BCUT2D eigenvalue weighted by atomic mass is 10.0. The molecule has 0 spiro atoms. The third kappa shape index (κ3) is 15.5. The van der Waals surface area contributed by atoms with Crippen LogP contribution in [0.2, 0.25) is 0 Å². The van der Waals surface area contributed by atoms with Crippen molar-refractivity contribution in [2.24, 2.45) is 0 Å². The minimum Gasteiger partial charge on any atom is -0.464 e. The number of allylic oxidation sites excluding steroid dienone is 2. The number of ether oxygens (including phenoxy) is 1. The average Bonchev–Trinajstić information content (AvgIpc) is 3.18. The zero-order valence-electron chi connectivity index (χ0n) is 19.6. The highest BCUT2D eigenvalue weighted by Gasteiger charge is 2.28. The molecule has 174 valence electrons. The van der Waals surface area contributed by atoms with E-state index < -0.39 is 6.04 Å². The number of esters is 1. The number of nitrogens with one attached hydrogen (secondary N) is 1. The van der Waals surface area contributed by atoms with Gasteiger partial charge in [0.05, 0.1) is 6.61 Å². The molecule has 1 aliphatic heterocycles. The zero-order valence-corrected chi connectivity index (χ0v) is 19.6. The van der Waals surface area contributed by atoms with Crippen LogP contribution >= 0.6 is 0 Å². The maximum Gasteiger partial charge on any atom is 0.328 e. The van der Waals surface area contributed by atoms with Gasteiger partial charge >= 0.3 is 5.97 Å². The fraction of sp³-hybridized carbons (Fsp3) is 0.846. The predicted molar refractivity (Wildman–Crippen MR) is 125 cm³/mol. The Balaban J connectivity index is 1.71. The quantitative estimate of drug-likeness (QED) is 0.131. The molecular formula is C26H47NO3. The molecule has 1 N–H and O–H groups in total. The summed E-state index contributed by atoms with van der Waals surface area (Å²) in [6.07, 6.45) is 27.9. The van der Waals surface area contributed by atoms with E-state index in [2.05, 4.69) is 24.4 Å². The number of unbranched alkanes of at least 4 members (excludes halogenated alkanes) is 15. The fourth-order valence-electron chi connectivity index (χ4n) is 3.95. The second kappa shape index (κ2) is 19.6. The third-order valence-electron chi connectivity index (χ3n) is 5.91. The van der Waals surface area contributed by atoms with E-state index in [0.717, 1.165) is 12.8 Å². The first-order chi connectivity index (χ1) is 14.7. The molecule has 0 aromatic rings. The van der Waals surface area contributed by atoms with Crippen molar-refractivity contribution < 1.29 is 14.3 Å². The summed E-state index contributed by atoms with van der Waals surface area (Å²) in [5.74, 6) is -0.307. The Bertz CT molecular complexity index is 461. The van der Waals surface area contributed by atoms with E-state index in [9.17, 15) is 9.59 Å². The molecule has 1 saturated heterocycles. The number of carbonyl (C=O) groups excluding carboxylic acids is 2. The Kier molecular flexibility index (Phi) is 17.5. The summed E-state index contributed by atoms with van der Waals surface area (Å²) in [5.41, 5.74) is 0. The van der Waals surface area contributed by atoms with Gasteiger partial charge in [0.2, 0.25) is 5.91 Å². The van der Waals surface area contributed by atoms with Crippen LogP contribution in [0.4, 0.5) is 0 Å². The van der Waals surface area contributed by atoms with E-state index in [1.54, 1.807) is 0 Å². The molecular weight excluding hydrogens is 374 g/mol. The van der Waals surface area contributed by atoms with Crippen molar-refractivity contribution in [3.63, 3.8) is 0 Å². The molecule has 4 heteroatoms. The van der Waals surface area contributed by atoms with Crippen molar-refractivity contribution in [1.82, 2.24) is 5.32 Å². The molecule has 1 heterocycles. The van der Waals surface area contributed by atoms with Crippen molar-refractivity contribution >= 4 is 11.9 Å². The van der Waals surface area contributed by atoms with E-state index in [1.165, 1.54) is 96.3 Å². The van der Waals surface area contributed by atoms with E-state index in [4.69, 9.17) is 4.74 Å². The van der Waals surface area contributed by atoms with Crippen LogP contribution in [0.5, 0.6) is 0 Å². The molecule has 0 saturated carbocycles. The van der Waals surface area contributed by atoms with Gasteiger partial charge in [-0.05, 0) is 32.1 Å². The van der Waals surface area contributed by atoms with E-state index >= 15 is 0 Å². The van der Waals surface area contributed by atoms with E-state index in [1.807, 2.05) is 0 Å². The van der Waals surface area contributed by atoms with Crippen LogP contribution in [0.15, 0.2) is 12.2 Å². The zero-order chi connectivity index (χ0) is 21.7. The Morgan fingerprint density at radius 3 is 1.83 bits per heavy atom. The van der Waals surface area contributed by atoms with Crippen LogP contribution in [0.1, 0.15) is 129 Å². The van der Waals surface area contributed by atoms with Gasteiger partial charge in [0.25, 0.3) is 0 Å². The Hall–Kier alpha value is -1.32. The molecule has 0 aromatic heterocycles. The Morgan fingerprint density at radius 1 is 0.833 bits per heavy atom. The van der Waals surface area contributed by atoms with Crippen molar-refractivity contribution in [2.45, 2.75) is 135 Å². The van der Waals surface area contributed by atoms with Crippen molar-refractivity contribution in [1.29, 1.82) is 0 Å². The molecule has 1 aliphatic rings. The minimum atomic E-state index is -0.407. The van der Waals surface area contributed by atoms with Crippen LogP contribution in [0.3, 0.4) is 0 Å². The smallest absolute Gasteiger partial charge is 0.328 e. The molecule has 1 fully saturated rings. The van der Waals surface area contributed by atoms with Crippen LogP contribution in [0, 0.1) is 0 Å². The van der Waals surface area contributed by atoms with Gasteiger partial charge in [-0.1, -0.05) is 103 Å². The molecule has 4 nitrogen and oxygen atoms in total. The normalized spacial score (nSPS) is 16.3. The number of hydrogen-bond donors (Lipinski definition) is 1. The summed E-state index contributed by atoms with van der Waals surface area (Å²) in [5, 5.41) is 2.65. The second-order valence-corrected chi connectivity index (χ2v) is 8.82. The first-order valence-corrected chi connectivity index (χ1v) is 12.8. The number of amides is 1. The largest absolute Gasteiger partial charge is 0.464 e. The lowest BCUT2D eigenvalue weighted by Gasteiger charge is -2.09. The second-order valence-electron chi connectivity index (χ2n) is 8.82. The molecule has 1 atom stereocenters. The van der Waals surface area contributed by atoms with Crippen molar-refractivity contribution in [3.8, 4) is 0 Å². The van der Waals surface area contributed by atoms with Gasteiger partial charge < -0.3 is 10.1 Å². The molecule has 1 amide bonds. The Labute approximate surface area is 185 Å². The van der Waals surface area contributed by atoms with Gasteiger partial charge in [0.1, 0.15) is 6.04 Å². The summed E-state index contributed by atoms with van der Waals surface area (Å²) < 4.78 is 5.25. The lowest BCUT2D eigenvalue weighted by Crippen LogP contribution is -2.34. The Morgan fingerprint density at radius 2 is 1.33 bits per heavy atom. The molecule has 0 aromatic carbocycles. The molecule has 30 heavy (non-hydrogen) atoms. The summed E-state index contributed by atoms with van der Waals surface area (Å²) in [6.45, 7) is 2.72. The standard InChI is InChI=1S/C26H47NO3/c1-2-3-4-5-6-7-8-9-10-11-12-13-14-15-16-17-18-19-20-23-30-26(29)24-21-22-25(28)27-24/h4-5,24H,2-3,6-23H2,1H3,(H,27,28)/b5-4+/t24-/m0/s1. The van der Waals surface area contributed by atoms with Gasteiger partial charge in [-0.25, -0.2) is 4.79 Å². The van der Waals surface area contributed by atoms with Crippen LogP contribution < -0.4 is 5.32 Å². The number of hydrogen-bond acceptors (Lipinski definition) is 3. The van der Waals surface area contributed by atoms with Crippen molar-refractivity contribution in [2.75, 3.05) is 6.61 Å². The number of rotatable bonds is 20. The first kappa shape index (κ1) is 26.7. The van der Waals surface area contributed by atoms with E-state index in [0.29, 0.717) is 19.4 Å². The van der Waals surface area contributed by atoms with Gasteiger partial charge in [0, 0.05) is 6.42 Å². The van der Waals surface area contributed by atoms with Crippen LogP contribution in [-0.4, -0.2) is 24.5 Å². The molecule has 0 radical (unpaired) electrons. The molecule has 0 unspecified atom stereocenters. The molecule has 0 bridgehead atoms. The summed E-state index contributed by atoms with van der Waals surface area (Å²) >= 11 is 0. The molecule has 1 rings (SSSR count). The monoisotopic (exact) mass is 421 g/mol. The summed E-state index contributed by atoms with van der Waals surface area (Å²) in [7, 11) is 0. The average molecular weight is 422 g/mol. The van der Waals surface area contributed by atoms with Gasteiger partial charge in [-0.2, -0.15) is 0 Å². The topological polar surface area (TPSA) is 55.4 Å². The molecule has 0 aliphatic carbocycles. The SMILES string of the molecule is CCC/C=C/CCCCCCCCCCCCCCCCOC(=O)[C@@H]1CCC(=O)N1. The maximum atomic E-state index is 11.7. The first-order valence-electron chi connectivity index (χ1n) is 12.8. The highest BCUT2D eigenvalue weighted by atomic mass is 16.5. The lowest BCUT2D eigenvalue weighted by molar-refractivity contribution is -0.146. The van der Waals surface area contributed by atoms with Gasteiger partial charge in [-0.15, -0.1) is 0 Å². The van der Waals surface area contributed by atoms with Crippen molar-refractivity contribution in [3.05, 3.63) is 12.2 Å². The summed E-state index contributed by atoms with van der Waals surface area (Å²) in [6, 6.07) is -0.407. The van der Waals surface area contributed by atoms with Gasteiger partial charge in [-0.3, -0.25) is 4.79 Å². The summed E-state index contributed by atoms with van der Waals surface area (Å²) in [4.78, 5) is 22.8. The van der Waals surface area contributed by atoms with E-state index in [-0.39, 0.29) is 11.9 Å². The van der Waals surface area contributed by atoms with Crippen LogP contribution in [0.25, 0.3) is 0 Å². The number of carbonyl (C=O) groups is 2. The van der Waals surface area contributed by atoms with Crippen LogP contribution in [-0.2, 0) is 14.3 Å². The van der Waals surface area contributed by atoms with Gasteiger partial charge in [0.15, 0.2) is 0 Å². The minimum absolute atomic E-state index is 0.0432. The predicted octanol–water partition coefficient (Wildman–Crippen LogP) is 7.02.